The van der Waals surface area contributed by atoms with Crippen molar-refractivity contribution >= 4 is 15.9 Å². The van der Waals surface area contributed by atoms with Gasteiger partial charge in [-0.3, -0.25) is 4.79 Å². The molecule has 0 aliphatic rings. The number of pyridine rings is 1. The van der Waals surface area contributed by atoms with Crippen LogP contribution in [0.2, 0.25) is 0 Å². The number of aliphatic hydroxyl groups excluding tert-OH is 2. The second-order valence-electron chi connectivity index (χ2n) is 9.45. The Labute approximate surface area is 218 Å². The maximum Gasteiger partial charge on any atom is 0.270 e. The summed E-state index contributed by atoms with van der Waals surface area (Å²) in [6.45, 7) is 4.55. The molecule has 2 heterocycles. The second-order valence-corrected chi connectivity index (χ2v) is 11.3. The first-order valence-corrected chi connectivity index (χ1v) is 13.5. The number of imidazole rings is 1. The first kappa shape index (κ1) is 28.5. The number of sulfonamides is 1. The van der Waals surface area contributed by atoms with Gasteiger partial charge in [0, 0.05) is 25.5 Å². The number of nitrogens with zero attached hydrogens (tertiary/aromatic N) is 4. The molecule has 0 bridgehead atoms. The van der Waals surface area contributed by atoms with Crippen molar-refractivity contribution in [3.05, 3.63) is 78.0 Å². The highest BCUT2D eigenvalue weighted by atomic mass is 32.2. The van der Waals surface area contributed by atoms with Gasteiger partial charge in [0.15, 0.2) is 5.03 Å². The van der Waals surface area contributed by atoms with Gasteiger partial charge in [-0.25, -0.2) is 18.4 Å². The SMILES string of the molecule is Cc1cccc(C(=O)NC(Cc2ccccc2)C(O)CN([C@@H](CO)C(C)C)S(=O)(=O)c2cn(C)cn2)n1. The number of aryl methyl sites for hydroxylation is 2. The third-order valence-electron chi connectivity index (χ3n) is 6.15. The molecule has 11 heteroatoms. The molecule has 0 aliphatic heterocycles. The molecule has 3 aromatic rings. The van der Waals surface area contributed by atoms with Gasteiger partial charge < -0.3 is 20.1 Å². The van der Waals surface area contributed by atoms with E-state index < -0.39 is 40.7 Å². The Morgan fingerprint density at radius 2 is 1.84 bits per heavy atom. The minimum atomic E-state index is -4.17. The van der Waals surface area contributed by atoms with Crippen LogP contribution in [0, 0.1) is 12.8 Å². The van der Waals surface area contributed by atoms with Crippen LogP contribution in [0.5, 0.6) is 0 Å². The van der Waals surface area contributed by atoms with E-state index in [4.69, 9.17) is 0 Å². The van der Waals surface area contributed by atoms with Crippen LogP contribution in [-0.2, 0) is 23.5 Å². The summed E-state index contributed by atoms with van der Waals surface area (Å²) in [5.41, 5.74) is 1.72. The Balaban J connectivity index is 1.94. The van der Waals surface area contributed by atoms with E-state index in [0.29, 0.717) is 5.69 Å². The monoisotopic (exact) mass is 529 g/mol. The van der Waals surface area contributed by atoms with Crippen LogP contribution < -0.4 is 5.32 Å². The first-order chi connectivity index (χ1) is 17.5. The summed E-state index contributed by atoms with van der Waals surface area (Å²) in [6, 6.07) is 12.7. The molecule has 0 spiro atoms. The van der Waals surface area contributed by atoms with Gasteiger partial charge >= 0.3 is 0 Å². The van der Waals surface area contributed by atoms with Crippen molar-refractivity contribution < 1.29 is 23.4 Å². The molecular formula is C26H35N5O5S. The van der Waals surface area contributed by atoms with E-state index >= 15 is 0 Å². The van der Waals surface area contributed by atoms with Crippen LogP contribution in [0.25, 0.3) is 0 Å². The number of rotatable bonds is 12. The number of hydrogen-bond acceptors (Lipinski definition) is 7. The zero-order valence-electron chi connectivity index (χ0n) is 21.5. The molecule has 10 nitrogen and oxygen atoms in total. The van der Waals surface area contributed by atoms with Crippen LogP contribution >= 0.6 is 0 Å². The van der Waals surface area contributed by atoms with Crippen LogP contribution in [-0.4, -0.2) is 74.7 Å². The quantitative estimate of drug-likeness (QED) is 0.324. The Bertz CT molecular complexity index is 1280. The summed E-state index contributed by atoms with van der Waals surface area (Å²) in [5.74, 6) is -0.736. The van der Waals surface area contributed by atoms with Crippen molar-refractivity contribution in [2.24, 2.45) is 13.0 Å². The summed E-state index contributed by atoms with van der Waals surface area (Å²) >= 11 is 0. The van der Waals surface area contributed by atoms with Gasteiger partial charge in [-0.2, -0.15) is 4.31 Å². The second kappa shape index (κ2) is 12.4. The Morgan fingerprint density at radius 1 is 1.14 bits per heavy atom. The number of carbonyl (C=O) groups excluding carboxylic acids is 1. The van der Waals surface area contributed by atoms with Gasteiger partial charge in [-0.15, -0.1) is 0 Å². The number of aromatic nitrogens is 3. The molecule has 3 rings (SSSR count). The molecule has 0 saturated heterocycles. The Morgan fingerprint density at radius 3 is 2.41 bits per heavy atom. The Hall–Kier alpha value is -3.12. The standard InChI is InChI=1S/C26H35N5O5S/c1-18(2)23(16-32)31(37(35,36)25-15-30(4)17-27-25)14-24(33)22(13-20-10-6-5-7-11-20)29-26(34)21-12-8-9-19(3)28-21/h5-12,15,17-18,22-24,32-33H,13-14,16H2,1-4H3,(H,29,34)/t22?,23-,24?/m0/s1. The van der Waals surface area contributed by atoms with Gasteiger partial charge in [0.25, 0.3) is 15.9 Å². The molecule has 0 fully saturated rings. The zero-order chi connectivity index (χ0) is 27.2. The van der Waals surface area contributed by atoms with Gasteiger partial charge in [0.1, 0.15) is 5.69 Å². The molecular weight excluding hydrogens is 494 g/mol. The summed E-state index contributed by atoms with van der Waals surface area (Å²) in [5, 5.41) is 24.1. The fourth-order valence-electron chi connectivity index (χ4n) is 4.06. The molecule has 2 unspecified atom stereocenters. The summed E-state index contributed by atoms with van der Waals surface area (Å²) < 4.78 is 29.8. The largest absolute Gasteiger partial charge is 0.395 e. The normalized spacial score (nSPS) is 14.5. The third-order valence-corrected chi connectivity index (χ3v) is 7.92. The highest BCUT2D eigenvalue weighted by Gasteiger charge is 2.37. The maximum absolute atomic E-state index is 13.6. The smallest absolute Gasteiger partial charge is 0.270 e. The van der Waals surface area contributed by atoms with E-state index in [1.165, 1.54) is 17.1 Å². The number of hydrogen-bond donors (Lipinski definition) is 3. The fraction of sp³-hybridized carbons (Fsp3) is 0.423. The Kier molecular flexibility index (Phi) is 9.55. The lowest BCUT2D eigenvalue weighted by Gasteiger charge is -2.35. The van der Waals surface area contributed by atoms with Crippen molar-refractivity contribution in [1.29, 1.82) is 0 Å². The van der Waals surface area contributed by atoms with Crippen LogP contribution in [0.3, 0.4) is 0 Å². The van der Waals surface area contributed by atoms with Crippen LogP contribution in [0.4, 0.5) is 0 Å². The van der Waals surface area contributed by atoms with Gasteiger partial charge in [-0.05, 0) is 37.0 Å². The summed E-state index contributed by atoms with van der Waals surface area (Å²) in [6.07, 6.45) is 1.69. The van der Waals surface area contributed by atoms with E-state index in [1.54, 1.807) is 46.0 Å². The summed E-state index contributed by atoms with van der Waals surface area (Å²) in [7, 11) is -2.51. The average Bonchev–Trinajstić information content (AvgIpc) is 3.31. The number of carbonyl (C=O) groups is 1. The van der Waals surface area contributed by atoms with Gasteiger partial charge in [0.2, 0.25) is 0 Å². The van der Waals surface area contributed by atoms with E-state index in [2.05, 4.69) is 15.3 Å². The van der Waals surface area contributed by atoms with Crippen molar-refractivity contribution in [3.8, 4) is 0 Å². The molecule has 37 heavy (non-hydrogen) atoms. The number of benzene rings is 1. The molecule has 0 radical (unpaired) electrons. The minimum absolute atomic E-state index is 0.186. The van der Waals surface area contributed by atoms with Crippen molar-refractivity contribution in [1.82, 2.24) is 24.2 Å². The zero-order valence-corrected chi connectivity index (χ0v) is 22.3. The molecule has 1 amide bonds. The average molecular weight is 530 g/mol. The van der Waals surface area contributed by atoms with E-state index in [9.17, 15) is 23.4 Å². The maximum atomic E-state index is 13.6. The number of aliphatic hydroxyl groups is 2. The number of amides is 1. The highest BCUT2D eigenvalue weighted by molar-refractivity contribution is 7.89. The third kappa shape index (κ3) is 7.22. The molecule has 3 atom stereocenters. The fourth-order valence-corrected chi connectivity index (χ4v) is 5.80. The van der Waals surface area contributed by atoms with E-state index in [-0.39, 0.29) is 29.6 Å². The van der Waals surface area contributed by atoms with Gasteiger partial charge in [0.05, 0.1) is 31.1 Å². The minimum Gasteiger partial charge on any atom is -0.395 e. The lowest BCUT2D eigenvalue weighted by Crippen LogP contribution is -2.54. The van der Waals surface area contributed by atoms with E-state index in [0.717, 1.165) is 9.87 Å². The van der Waals surface area contributed by atoms with Crippen molar-refractivity contribution in [2.75, 3.05) is 13.2 Å². The molecule has 3 N–H and O–H groups in total. The predicted molar refractivity (Wildman–Crippen MR) is 139 cm³/mol. The molecule has 2 aromatic heterocycles. The predicted octanol–water partition coefficient (Wildman–Crippen LogP) is 1.53. The molecule has 0 saturated carbocycles. The topological polar surface area (TPSA) is 138 Å². The van der Waals surface area contributed by atoms with E-state index in [1.807, 2.05) is 30.3 Å². The molecule has 0 aliphatic carbocycles. The summed E-state index contributed by atoms with van der Waals surface area (Å²) in [4.78, 5) is 21.3. The van der Waals surface area contributed by atoms with Gasteiger partial charge in [-0.1, -0.05) is 50.2 Å². The number of nitrogens with one attached hydrogen (secondary N) is 1. The first-order valence-electron chi connectivity index (χ1n) is 12.1. The lowest BCUT2D eigenvalue weighted by atomic mass is 9.99. The molecule has 1 aromatic carbocycles. The van der Waals surface area contributed by atoms with Crippen molar-refractivity contribution in [2.45, 2.75) is 50.4 Å². The molecule has 200 valence electrons. The lowest BCUT2D eigenvalue weighted by molar-refractivity contribution is 0.0635. The van der Waals surface area contributed by atoms with Crippen molar-refractivity contribution in [3.63, 3.8) is 0 Å². The van der Waals surface area contributed by atoms with Crippen LogP contribution in [0.15, 0.2) is 66.1 Å². The van der Waals surface area contributed by atoms with Crippen LogP contribution in [0.1, 0.15) is 35.6 Å². The highest BCUT2D eigenvalue weighted by Crippen LogP contribution is 2.22.